The molecule has 0 aliphatic heterocycles. The third-order valence-electron chi connectivity index (χ3n) is 2.97. The fourth-order valence-corrected chi connectivity index (χ4v) is 3.01. The van der Waals surface area contributed by atoms with Crippen LogP contribution in [0.4, 0.5) is 0 Å². The molecule has 1 heterocycles. The van der Waals surface area contributed by atoms with Gasteiger partial charge in [0.2, 0.25) is 0 Å². The Labute approximate surface area is 130 Å². The Morgan fingerprint density at radius 1 is 1.05 bits per heavy atom. The summed E-state index contributed by atoms with van der Waals surface area (Å²) in [6, 6.07) is 17.4. The third-order valence-corrected chi connectivity index (χ3v) is 4.20. The minimum absolute atomic E-state index is 0.123. The lowest BCUT2D eigenvalue weighted by Crippen LogP contribution is -2.01. The lowest BCUT2D eigenvalue weighted by molar-refractivity contribution is 0.0690. The van der Waals surface area contributed by atoms with Gasteiger partial charge in [-0.1, -0.05) is 53.7 Å². The first-order valence-electron chi connectivity index (χ1n) is 6.20. The molecular weight excluding hydrogens is 306 g/mol. The zero-order chi connectivity index (χ0) is 14.8. The number of aromatic nitrogens is 1. The normalized spacial score (nSPS) is 10.7. The van der Waals surface area contributed by atoms with Crippen LogP contribution in [0.3, 0.4) is 0 Å². The number of pyridine rings is 1. The smallest absolute Gasteiger partial charge is 0.356 e. The van der Waals surface area contributed by atoms with E-state index in [9.17, 15) is 4.79 Å². The predicted molar refractivity (Wildman–Crippen MR) is 84.3 cm³/mol. The lowest BCUT2D eigenvalue weighted by atomic mass is 10.1. The molecule has 0 atom stereocenters. The lowest BCUT2D eigenvalue weighted by Gasteiger charge is -2.05. The van der Waals surface area contributed by atoms with Crippen LogP contribution < -0.4 is 0 Å². The maximum absolute atomic E-state index is 11.0. The van der Waals surface area contributed by atoms with Crippen LogP contribution in [-0.2, 0) is 0 Å². The fraction of sp³-hybridized carbons (Fsp3) is 0. The van der Waals surface area contributed by atoms with Crippen molar-refractivity contribution in [3.05, 3.63) is 65.3 Å². The SMILES string of the molecule is O=C(O)c1nc(Sc2ccc3ccccc3c2)ccc1Cl. The van der Waals surface area contributed by atoms with Gasteiger partial charge in [0, 0.05) is 4.90 Å². The Balaban J connectivity index is 1.94. The van der Waals surface area contributed by atoms with E-state index in [1.165, 1.54) is 11.8 Å². The quantitative estimate of drug-likeness (QED) is 0.758. The van der Waals surface area contributed by atoms with Crippen LogP contribution in [-0.4, -0.2) is 16.1 Å². The molecular formula is C16H10ClNO2S. The summed E-state index contributed by atoms with van der Waals surface area (Å²) < 4.78 is 0. The van der Waals surface area contributed by atoms with Crippen molar-refractivity contribution in [1.82, 2.24) is 4.98 Å². The van der Waals surface area contributed by atoms with Gasteiger partial charge in [0.15, 0.2) is 5.69 Å². The molecule has 5 heteroatoms. The number of halogens is 1. The van der Waals surface area contributed by atoms with E-state index in [0.717, 1.165) is 15.7 Å². The second-order valence-corrected chi connectivity index (χ2v) is 5.90. The molecule has 3 rings (SSSR count). The number of benzene rings is 2. The predicted octanol–water partition coefficient (Wildman–Crippen LogP) is 4.74. The summed E-state index contributed by atoms with van der Waals surface area (Å²) in [6.45, 7) is 0. The maximum atomic E-state index is 11.0. The molecule has 0 spiro atoms. The van der Waals surface area contributed by atoms with Gasteiger partial charge in [0.1, 0.15) is 5.03 Å². The van der Waals surface area contributed by atoms with Crippen LogP contribution in [0.1, 0.15) is 10.5 Å². The molecule has 0 saturated heterocycles. The molecule has 0 radical (unpaired) electrons. The molecule has 0 aliphatic rings. The van der Waals surface area contributed by atoms with Crippen molar-refractivity contribution in [3.63, 3.8) is 0 Å². The molecule has 0 amide bonds. The molecule has 3 aromatic rings. The van der Waals surface area contributed by atoms with E-state index in [1.54, 1.807) is 12.1 Å². The largest absolute Gasteiger partial charge is 0.476 e. The van der Waals surface area contributed by atoms with Crippen molar-refractivity contribution in [2.45, 2.75) is 9.92 Å². The first-order chi connectivity index (χ1) is 10.1. The first kappa shape index (κ1) is 13.9. The zero-order valence-electron chi connectivity index (χ0n) is 10.8. The fourth-order valence-electron chi connectivity index (χ4n) is 1.98. The Kier molecular flexibility index (Phi) is 3.82. The minimum Gasteiger partial charge on any atom is -0.476 e. The average molecular weight is 316 g/mol. The number of aromatic carboxylic acids is 1. The van der Waals surface area contributed by atoms with Gasteiger partial charge in [-0.3, -0.25) is 0 Å². The second-order valence-electron chi connectivity index (χ2n) is 4.40. The molecule has 104 valence electrons. The molecule has 2 aromatic carbocycles. The highest BCUT2D eigenvalue weighted by atomic mass is 35.5. The van der Waals surface area contributed by atoms with E-state index in [-0.39, 0.29) is 10.7 Å². The molecule has 1 aromatic heterocycles. The second kappa shape index (κ2) is 5.76. The maximum Gasteiger partial charge on any atom is 0.356 e. The standard InChI is InChI=1S/C16H10ClNO2S/c17-13-7-8-14(18-15(13)16(19)20)21-12-6-5-10-3-1-2-4-11(10)9-12/h1-9H,(H,19,20). The van der Waals surface area contributed by atoms with Crippen LogP contribution in [0.2, 0.25) is 5.02 Å². The first-order valence-corrected chi connectivity index (χ1v) is 7.39. The van der Waals surface area contributed by atoms with Crippen molar-refractivity contribution >= 4 is 40.1 Å². The molecule has 0 saturated carbocycles. The number of fused-ring (bicyclic) bond motifs is 1. The van der Waals surface area contributed by atoms with Gasteiger partial charge in [-0.2, -0.15) is 0 Å². The Morgan fingerprint density at radius 2 is 1.81 bits per heavy atom. The van der Waals surface area contributed by atoms with Gasteiger partial charge in [0.25, 0.3) is 0 Å². The van der Waals surface area contributed by atoms with Crippen LogP contribution in [0.15, 0.2) is 64.5 Å². The third kappa shape index (κ3) is 3.01. The van der Waals surface area contributed by atoms with Gasteiger partial charge in [0.05, 0.1) is 5.02 Å². The molecule has 0 aliphatic carbocycles. The monoisotopic (exact) mass is 315 g/mol. The molecule has 21 heavy (non-hydrogen) atoms. The summed E-state index contributed by atoms with van der Waals surface area (Å²) in [5.74, 6) is -1.12. The van der Waals surface area contributed by atoms with Crippen molar-refractivity contribution in [1.29, 1.82) is 0 Å². The number of hydrogen-bond acceptors (Lipinski definition) is 3. The summed E-state index contributed by atoms with van der Waals surface area (Å²) in [6.07, 6.45) is 0. The van der Waals surface area contributed by atoms with Gasteiger partial charge in [-0.15, -0.1) is 0 Å². The van der Waals surface area contributed by atoms with Gasteiger partial charge in [-0.25, -0.2) is 9.78 Å². The number of carboxylic acid groups (broad SMARTS) is 1. The average Bonchev–Trinajstić information content (AvgIpc) is 2.49. The van der Waals surface area contributed by atoms with Crippen molar-refractivity contribution in [3.8, 4) is 0 Å². The molecule has 3 nitrogen and oxygen atoms in total. The molecule has 1 N–H and O–H groups in total. The highest BCUT2D eigenvalue weighted by Gasteiger charge is 2.12. The zero-order valence-corrected chi connectivity index (χ0v) is 12.4. The number of hydrogen-bond donors (Lipinski definition) is 1. The number of rotatable bonds is 3. The highest BCUT2D eigenvalue weighted by Crippen LogP contribution is 2.30. The van der Waals surface area contributed by atoms with Crippen LogP contribution in [0, 0.1) is 0 Å². The topological polar surface area (TPSA) is 50.2 Å². The Bertz CT molecular complexity index is 835. The number of carbonyl (C=O) groups is 1. The van der Waals surface area contributed by atoms with E-state index in [1.807, 2.05) is 36.4 Å². The van der Waals surface area contributed by atoms with E-state index >= 15 is 0 Å². The van der Waals surface area contributed by atoms with Crippen LogP contribution in [0.25, 0.3) is 10.8 Å². The Morgan fingerprint density at radius 3 is 2.57 bits per heavy atom. The van der Waals surface area contributed by atoms with Crippen molar-refractivity contribution in [2.24, 2.45) is 0 Å². The molecule has 0 bridgehead atoms. The summed E-state index contributed by atoms with van der Waals surface area (Å²) in [7, 11) is 0. The number of carboxylic acids is 1. The summed E-state index contributed by atoms with van der Waals surface area (Å²) >= 11 is 7.23. The van der Waals surface area contributed by atoms with Gasteiger partial charge < -0.3 is 5.11 Å². The number of nitrogens with zero attached hydrogens (tertiary/aromatic N) is 1. The van der Waals surface area contributed by atoms with E-state index in [2.05, 4.69) is 11.1 Å². The Hall–Kier alpha value is -2.04. The molecule has 0 unspecified atom stereocenters. The van der Waals surface area contributed by atoms with Crippen LogP contribution >= 0.6 is 23.4 Å². The van der Waals surface area contributed by atoms with Crippen molar-refractivity contribution in [2.75, 3.05) is 0 Å². The van der Waals surface area contributed by atoms with Crippen molar-refractivity contribution < 1.29 is 9.90 Å². The molecule has 0 fully saturated rings. The van der Waals surface area contributed by atoms with Gasteiger partial charge >= 0.3 is 5.97 Å². The minimum atomic E-state index is -1.12. The van der Waals surface area contributed by atoms with E-state index in [0.29, 0.717) is 5.03 Å². The van der Waals surface area contributed by atoms with E-state index < -0.39 is 5.97 Å². The van der Waals surface area contributed by atoms with Gasteiger partial charge in [-0.05, 0) is 35.0 Å². The van der Waals surface area contributed by atoms with Crippen LogP contribution in [0.5, 0.6) is 0 Å². The summed E-state index contributed by atoms with van der Waals surface area (Å²) in [5, 5.41) is 12.1. The summed E-state index contributed by atoms with van der Waals surface area (Å²) in [4.78, 5) is 16.1. The summed E-state index contributed by atoms with van der Waals surface area (Å²) in [5.41, 5.74) is -0.123. The highest BCUT2D eigenvalue weighted by molar-refractivity contribution is 7.99. The van der Waals surface area contributed by atoms with E-state index in [4.69, 9.17) is 16.7 Å².